The molecular formula is C20H32O7. The molecule has 0 aromatic carbocycles. The monoisotopic (exact) mass is 384 g/mol. The van der Waals surface area contributed by atoms with Crippen molar-refractivity contribution >= 4 is 0 Å². The van der Waals surface area contributed by atoms with Crippen LogP contribution in [-0.4, -0.2) is 71.0 Å². The Balaban J connectivity index is 1.92. The van der Waals surface area contributed by atoms with Crippen molar-refractivity contribution in [2.24, 2.45) is 28.6 Å². The number of aliphatic hydroxyl groups is 6. The molecule has 6 N–H and O–H groups in total. The third-order valence-corrected chi connectivity index (χ3v) is 10.1. The van der Waals surface area contributed by atoms with Crippen molar-refractivity contribution in [1.29, 1.82) is 0 Å². The minimum absolute atomic E-state index is 0.0189. The molecule has 6 aliphatic rings. The highest BCUT2D eigenvalue weighted by Crippen LogP contribution is 2.89. The standard InChI is InChI=1S/C20H32O7/c1-9(2)18(25)13(22)11-14(4)8-17(24)15(18,5)19(11,26)20(27-17)12(21)10(3)6-7-16(14,20)23/h9-13,21-26H,6-8H2,1-5H3/t10-,11-,12+,13+,14+,15-,16-,17+,18+,19-,20+/m0/s1. The third kappa shape index (κ3) is 1.20. The van der Waals surface area contributed by atoms with Crippen molar-refractivity contribution in [3.63, 3.8) is 0 Å². The van der Waals surface area contributed by atoms with Crippen LogP contribution in [0.15, 0.2) is 0 Å². The Morgan fingerprint density at radius 1 is 1.00 bits per heavy atom. The first-order valence-electron chi connectivity index (χ1n) is 10.1. The van der Waals surface area contributed by atoms with Crippen molar-refractivity contribution in [1.82, 2.24) is 0 Å². The van der Waals surface area contributed by atoms with E-state index in [9.17, 15) is 30.6 Å². The molecule has 2 aliphatic heterocycles. The average molecular weight is 384 g/mol. The predicted octanol–water partition coefficient (Wildman–Crippen LogP) is -0.495. The summed E-state index contributed by atoms with van der Waals surface area (Å²) in [7, 11) is 0. The summed E-state index contributed by atoms with van der Waals surface area (Å²) in [5.74, 6) is -3.68. The highest BCUT2D eigenvalue weighted by molar-refractivity contribution is 5.51. The first-order valence-corrected chi connectivity index (χ1v) is 10.1. The summed E-state index contributed by atoms with van der Waals surface area (Å²) in [5, 5.41) is 70.2. The number of rotatable bonds is 1. The Morgan fingerprint density at radius 3 is 2.15 bits per heavy atom. The van der Waals surface area contributed by atoms with Crippen LogP contribution in [0.4, 0.5) is 0 Å². The molecule has 6 bridgehead atoms. The zero-order valence-electron chi connectivity index (χ0n) is 16.6. The van der Waals surface area contributed by atoms with Crippen molar-refractivity contribution in [3.8, 4) is 0 Å². The quantitative estimate of drug-likeness (QED) is 0.359. The first-order chi connectivity index (χ1) is 12.2. The molecule has 2 heterocycles. The molecule has 0 aromatic rings. The van der Waals surface area contributed by atoms with E-state index in [1.165, 1.54) is 0 Å². The molecule has 154 valence electrons. The van der Waals surface area contributed by atoms with Crippen LogP contribution in [0.25, 0.3) is 0 Å². The van der Waals surface area contributed by atoms with Gasteiger partial charge in [0.1, 0.15) is 16.8 Å². The molecule has 2 saturated heterocycles. The molecule has 4 saturated carbocycles. The average Bonchev–Trinajstić information content (AvgIpc) is 2.82. The normalized spacial score (nSPS) is 71.6. The zero-order valence-corrected chi connectivity index (χ0v) is 16.6. The number of ether oxygens (including phenoxy) is 1. The summed E-state index contributed by atoms with van der Waals surface area (Å²) in [5.41, 5.74) is -10.1. The van der Waals surface area contributed by atoms with Gasteiger partial charge < -0.3 is 35.4 Å². The molecule has 1 spiro atoms. The highest BCUT2D eigenvalue weighted by Gasteiger charge is 3.04. The van der Waals surface area contributed by atoms with Crippen molar-refractivity contribution in [2.45, 2.75) is 94.3 Å². The van der Waals surface area contributed by atoms with Crippen LogP contribution in [0.5, 0.6) is 0 Å². The molecule has 0 radical (unpaired) electrons. The minimum Gasteiger partial charge on any atom is -0.390 e. The van der Waals surface area contributed by atoms with E-state index in [2.05, 4.69) is 0 Å². The lowest BCUT2D eigenvalue weighted by molar-refractivity contribution is -0.385. The lowest BCUT2D eigenvalue weighted by atomic mass is 9.54. The molecule has 0 amide bonds. The van der Waals surface area contributed by atoms with E-state index in [0.29, 0.717) is 12.8 Å². The van der Waals surface area contributed by atoms with Crippen LogP contribution in [0.3, 0.4) is 0 Å². The maximum atomic E-state index is 12.3. The molecule has 11 atom stereocenters. The summed E-state index contributed by atoms with van der Waals surface area (Å²) in [6.45, 7) is 8.59. The van der Waals surface area contributed by atoms with E-state index < -0.39 is 63.1 Å². The summed E-state index contributed by atoms with van der Waals surface area (Å²) < 4.78 is 6.15. The Morgan fingerprint density at radius 2 is 1.59 bits per heavy atom. The highest BCUT2D eigenvalue weighted by atomic mass is 16.7. The lowest BCUT2D eigenvalue weighted by Gasteiger charge is -2.60. The van der Waals surface area contributed by atoms with Gasteiger partial charge in [0.05, 0.1) is 17.6 Å². The van der Waals surface area contributed by atoms with Crippen LogP contribution in [0, 0.1) is 28.6 Å². The maximum Gasteiger partial charge on any atom is 0.178 e. The van der Waals surface area contributed by atoms with Crippen LogP contribution in [0.2, 0.25) is 0 Å². The van der Waals surface area contributed by atoms with Crippen LogP contribution >= 0.6 is 0 Å². The van der Waals surface area contributed by atoms with Gasteiger partial charge in [-0.2, -0.15) is 0 Å². The summed E-state index contributed by atoms with van der Waals surface area (Å²) in [4.78, 5) is 0. The van der Waals surface area contributed by atoms with Crippen molar-refractivity contribution in [2.75, 3.05) is 0 Å². The number of hydrogen-bond donors (Lipinski definition) is 6. The lowest BCUT2D eigenvalue weighted by Crippen LogP contribution is -2.75. The van der Waals surface area contributed by atoms with Gasteiger partial charge in [0, 0.05) is 17.8 Å². The summed E-state index contributed by atoms with van der Waals surface area (Å²) >= 11 is 0. The van der Waals surface area contributed by atoms with E-state index in [1.54, 1.807) is 27.7 Å². The summed E-state index contributed by atoms with van der Waals surface area (Å²) in [6.07, 6.45) is -1.79. The van der Waals surface area contributed by atoms with E-state index in [4.69, 9.17) is 4.74 Å². The molecule has 0 aromatic heterocycles. The van der Waals surface area contributed by atoms with Crippen LogP contribution in [-0.2, 0) is 4.74 Å². The van der Waals surface area contributed by atoms with Gasteiger partial charge in [0.15, 0.2) is 11.4 Å². The van der Waals surface area contributed by atoms with Gasteiger partial charge >= 0.3 is 0 Å². The fourth-order valence-corrected chi connectivity index (χ4v) is 8.83. The molecular weight excluding hydrogens is 352 g/mol. The fourth-order valence-electron chi connectivity index (χ4n) is 8.83. The van der Waals surface area contributed by atoms with Gasteiger partial charge in [-0.15, -0.1) is 0 Å². The Bertz CT molecular complexity index is 744. The Kier molecular flexibility index (Phi) is 2.96. The molecule has 4 aliphatic carbocycles. The fraction of sp³-hybridized carbons (Fsp3) is 1.00. The Labute approximate surface area is 159 Å². The molecule has 6 rings (SSSR count). The van der Waals surface area contributed by atoms with Crippen LogP contribution < -0.4 is 0 Å². The van der Waals surface area contributed by atoms with Gasteiger partial charge in [0.2, 0.25) is 0 Å². The summed E-state index contributed by atoms with van der Waals surface area (Å²) in [6, 6.07) is 0. The zero-order chi connectivity index (χ0) is 20.2. The predicted molar refractivity (Wildman–Crippen MR) is 93.2 cm³/mol. The van der Waals surface area contributed by atoms with Gasteiger partial charge in [-0.1, -0.05) is 27.7 Å². The van der Waals surface area contributed by atoms with E-state index in [-0.39, 0.29) is 12.3 Å². The topological polar surface area (TPSA) is 131 Å². The second-order valence-corrected chi connectivity index (χ2v) is 10.8. The van der Waals surface area contributed by atoms with Gasteiger partial charge in [-0.05, 0) is 31.6 Å². The second-order valence-electron chi connectivity index (χ2n) is 10.8. The number of aliphatic hydroxyl groups excluding tert-OH is 2. The second kappa shape index (κ2) is 4.26. The maximum absolute atomic E-state index is 12.3. The molecule has 27 heavy (non-hydrogen) atoms. The molecule has 7 nitrogen and oxygen atoms in total. The van der Waals surface area contributed by atoms with Gasteiger partial charge in [0.25, 0.3) is 0 Å². The Hall–Kier alpha value is -0.280. The first kappa shape index (κ1) is 18.7. The molecule has 7 heteroatoms. The SMILES string of the molecule is CC(C)[C@@]1(O)[C@H](O)[C@@H]2[C@@]3(O)[C@]45O[C@](O)(C[C@@]2(C)[C@@]4(O)CC[C@H](C)[C@H]5O)[C@]31C. The largest absolute Gasteiger partial charge is 0.390 e. The van der Waals surface area contributed by atoms with Gasteiger partial charge in [-0.25, -0.2) is 0 Å². The van der Waals surface area contributed by atoms with Crippen molar-refractivity contribution in [3.05, 3.63) is 0 Å². The minimum atomic E-state index is -1.98. The molecule has 6 fully saturated rings. The van der Waals surface area contributed by atoms with Gasteiger partial charge in [-0.3, -0.25) is 0 Å². The van der Waals surface area contributed by atoms with Crippen molar-refractivity contribution < 1.29 is 35.4 Å². The van der Waals surface area contributed by atoms with E-state index in [1.807, 2.05) is 6.92 Å². The van der Waals surface area contributed by atoms with E-state index in [0.717, 1.165) is 0 Å². The third-order valence-electron chi connectivity index (χ3n) is 10.1. The van der Waals surface area contributed by atoms with E-state index >= 15 is 0 Å². The number of hydrogen-bond acceptors (Lipinski definition) is 7. The van der Waals surface area contributed by atoms with Crippen LogP contribution in [0.1, 0.15) is 53.9 Å². The smallest absolute Gasteiger partial charge is 0.178 e. The molecule has 0 unspecified atom stereocenters.